The van der Waals surface area contributed by atoms with Crippen LogP contribution in [0.4, 0.5) is 13.2 Å². The van der Waals surface area contributed by atoms with Crippen LogP contribution in [0.5, 0.6) is 0 Å². The van der Waals surface area contributed by atoms with Gasteiger partial charge in [0.05, 0.1) is 5.56 Å². The predicted molar refractivity (Wildman–Crippen MR) is 78.0 cm³/mol. The first-order valence-electron chi connectivity index (χ1n) is 7.46. The maximum absolute atomic E-state index is 12.8. The van der Waals surface area contributed by atoms with Crippen LogP contribution < -0.4 is 5.32 Å². The molecule has 0 aliphatic carbocycles. The van der Waals surface area contributed by atoms with Crippen LogP contribution in [-0.4, -0.2) is 30.1 Å². The predicted octanol–water partition coefficient (Wildman–Crippen LogP) is 3.67. The van der Waals surface area contributed by atoms with Gasteiger partial charge in [0.1, 0.15) is 0 Å². The van der Waals surface area contributed by atoms with Gasteiger partial charge in [0.15, 0.2) is 0 Å². The summed E-state index contributed by atoms with van der Waals surface area (Å²) >= 11 is 0. The quantitative estimate of drug-likeness (QED) is 0.916. The SMILES string of the molecule is CCC1(C)CN(Cc2cccc(C(F)(F)F)c2)CCCN1. The van der Waals surface area contributed by atoms with E-state index < -0.39 is 11.7 Å². The van der Waals surface area contributed by atoms with Crippen LogP contribution in [0.15, 0.2) is 24.3 Å². The summed E-state index contributed by atoms with van der Waals surface area (Å²) in [5.74, 6) is 0. The maximum atomic E-state index is 12.8. The molecule has 1 aromatic rings. The average Bonchev–Trinajstić information content (AvgIpc) is 2.61. The van der Waals surface area contributed by atoms with Crippen molar-refractivity contribution in [1.29, 1.82) is 0 Å². The van der Waals surface area contributed by atoms with Gasteiger partial charge in [0, 0.05) is 18.6 Å². The maximum Gasteiger partial charge on any atom is 0.416 e. The minimum absolute atomic E-state index is 0.0398. The van der Waals surface area contributed by atoms with Crippen LogP contribution in [0, 0.1) is 0 Å². The number of nitrogens with zero attached hydrogens (tertiary/aromatic N) is 1. The van der Waals surface area contributed by atoms with Crippen molar-refractivity contribution in [3.8, 4) is 0 Å². The molecule has 1 atom stereocenters. The Hall–Kier alpha value is -1.07. The fraction of sp³-hybridized carbons (Fsp3) is 0.625. The molecular weight excluding hydrogens is 277 g/mol. The second-order valence-electron chi connectivity index (χ2n) is 6.10. The van der Waals surface area contributed by atoms with Crippen LogP contribution in [-0.2, 0) is 12.7 Å². The zero-order valence-electron chi connectivity index (χ0n) is 12.6. The van der Waals surface area contributed by atoms with Crippen molar-refractivity contribution in [2.24, 2.45) is 0 Å². The van der Waals surface area contributed by atoms with E-state index in [-0.39, 0.29) is 5.54 Å². The summed E-state index contributed by atoms with van der Waals surface area (Å²) in [5, 5.41) is 3.54. The molecule has 1 fully saturated rings. The van der Waals surface area contributed by atoms with Crippen molar-refractivity contribution in [2.45, 2.75) is 44.9 Å². The Balaban J connectivity index is 2.10. The summed E-state index contributed by atoms with van der Waals surface area (Å²) in [6.07, 6.45) is -2.24. The molecular formula is C16H23F3N2. The summed E-state index contributed by atoms with van der Waals surface area (Å²) in [4.78, 5) is 2.25. The molecule has 1 aliphatic rings. The van der Waals surface area contributed by atoms with Crippen LogP contribution >= 0.6 is 0 Å². The Bertz CT molecular complexity index is 473. The summed E-state index contributed by atoms with van der Waals surface area (Å²) in [7, 11) is 0. The molecule has 0 spiro atoms. The molecule has 2 rings (SSSR count). The molecule has 118 valence electrons. The molecule has 5 heteroatoms. The van der Waals surface area contributed by atoms with Crippen molar-refractivity contribution in [3.05, 3.63) is 35.4 Å². The van der Waals surface area contributed by atoms with Gasteiger partial charge >= 0.3 is 6.18 Å². The number of nitrogens with one attached hydrogen (secondary N) is 1. The lowest BCUT2D eigenvalue weighted by molar-refractivity contribution is -0.137. The van der Waals surface area contributed by atoms with Gasteiger partial charge in [-0.2, -0.15) is 13.2 Å². The van der Waals surface area contributed by atoms with Crippen molar-refractivity contribution in [1.82, 2.24) is 10.2 Å². The van der Waals surface area contributed by atoms with Crippen LogP contribution in [0.3, 0.4) is 0 Å². The van der Waals surface area contributed by atoms with Gasteiger partial charge in [-0.25, -0.2) is 0 Å². The third kappa shape index (κ3) is 4.45. The molecule has 1 aromatic carbocycles. The van der Waals surface area contributed by atoms with Crippen molar-refractivity contribution in [3.63, 3.8) is 0 Å². The van der Waals surface area contributed by atoms with E-state index in [1.54, 1.807) is 6.07 Å². The molecule has 1 N–H and O–H groups in total. The minimum Gasteiger partial charge on any atom is -0.310 e. The van der Waals surface area contributed by atoms with Gasteiger partial charge in [-0.3, -0.25) is 4.90 Å². The highest BCUT2D eigenvalue weighted by molar-refractivity contribution is 5.25. The molecule has 1 unspecified atom stereocenters. The van der Waals surface area contributed by atoms with Crippen molar-refractivity contribution < 1.29 is 13.2 Å². The van der Waals surface area contributed by atoms with Crippen LogP contribution in [0.1, 0.15) is 37.8 Å². The molecule has 0 bridgehead atoms. The molecule has 1 saturated heterocycles. The van der Waals surface area contributed by atoms with Crippen molar-refractivity contribution in [2.75, 3.05) is 19.6 Å². The fourth-order valence-corrected chi connectivity index (χ4v) is 2.80. The Morgan fingerprint density at radius 2 is 2.10 bits per heavy atom. The van der Waals surface area contributed by atoms with Gasteiger partial charge in [0.25, 0.3) is 0 Å². The summed E-state index contributed by atoms with van der Waals surface area (Å²) in [6.45, 7) is 7.63. The molecule has 0 aromatic heterocycles. The van der Waals surface area contributed by atoms with Gasteiger partial charge in [-0.05, 0) is 44.5 Å². The normalized spacial score (nSPS) is 24.8. The van der Waals surface area contributed by atoms with E-state index in [1.807, 2.05) is 0 Å². The third-order valence-electron chi connectivity index (χ3n) is 4.22. The molecule has 0 saturated carbocycles. The second-order valence-corrected chi connectivity index (χ2v) is 6.10. The zero-order chi connectivity index (χ0) is 15.5. The number of benzene rings is 1. The number of halogens is 3. The lowest BCUT2D eigenvalue weighted by Crippen LogP contribution is -2.48. The number of hydrogen-bond acceptors (Lipinski definition) is 2. The Morgan fingerprint density at radius 3 is 2.76 bits per heavy atom. The smallest absolute Gasteiger partial charge is 0.310 e. The van der Waals surface area contributed by atoms with E-state index in [4.69, 9.17) is 0 Å². The standard InChI is InChI=1S/C16H23F3N2/c1-3-15(2)12-21(9-5-8-20-15)11-13-6-4-7-14(10-13)16(17,18)19/h4,6-7,10,20H,3,5,8-9,11-12H2,1-2H3. The van der Waals surface area contributed by atoms with Gasteiger partial charge in [-0.1, -0.05) is 25.1 Å². The summed E-state index contributed by atoms with van der Waals surface area (Å²) in [6, 6.07) is 5.66. The van der Waals surface area contributed by atoms with E-state index in [1.165, 1.54) is 12.1 Å². The van der Waals surface area contributed by atoms with Crippen molar-refractivity contribution >= 4 is 0 Å². The molecule has 1 aliphatic heterocycles. The fourth-order valence-electron chi connectivity index (χ4n) is 2.80. The third-order valence-corrected chi connectivity index (χ3v) is 4.22. The Morgan fingerprint density at radius 1 is 1.33 bits per heavy atom. The van der Waals surface area contributed by atoms with Crippen LogP contribution in [0.25, 0.3) is 0 Å². The van der Waals surface area contributed by atoms with E-state index in [0.717, 1.165) is 44.1 Å². The number of alkyl halides is 3. The first-order chi connectivity index (χ1) is 9.82. The van der Waals surface area contributed by atoms with Gasteiger partial charge in [-0.15, -0.1) is 0 Å². The molecule has 0 radical (unpaired) electrons. The summed E-state index contributed by atoms with van der Waals surface area (Å²) in [5.41, 5.74) is 0.203. The topological polar surface area (TPSA) is 15.3 Å². The van der Waals surface area contributed by atoms with E-state index in [2.05, 4.69) is 24.1 Å². The van der Waals surface area contributed by atoms with Crippen LogP contribution in [0.2, 0.25) is 0 Å². The lowest BCUT2D eigenvalue weighted by Gasteiger charge is -2.32. The highest BCUT2D eigenvalue weighted by Crippen LogP contribution is 2.30. The monoisotopic (exact) mass is 300 g/mol. The average molecular weight is 300 g/mol. The minimum atomic E-state index is -4.27. The molecule has 1 heterocycles. The van der Waals surface area contributed by atoms with E-state index in [9.17, 15) is 13.2 Å². The molecule has 21 heavy (non-hydrogen) atoms. The second kappa shape index (κ2) is 6.36. The zero-order valence-corrected chi connectivity index (χ0v) is 12.6. The molecule has 0 amide bonds. The number of rotatable bonds is 3. The largest absolute Gasteiger partial charge is 0.416 e. The van der Waals surface area contributed by atoms with E-state index >= 15 is 0 Å². The molecule has 2 nitrogen and oxygen atoms in total. The highest BCUT2D eigenvalue weighted by Gasteiger charge is 2.31. The summed E-state index contributed by atoms with van der Waals surface area (Å²) < 4.78 is 38.3. The lowest BCUT2D eigenvalue weighted by atomic mass is 9.98. The first-order valence-corrected chi connectivity index (χ1v) is 7.46. The Labute approximate surface area is 124 Å². The van der Waals surface area contributed by atoms with Gasteiger partial charge < -0.3 is 5.32 Å². The number of hydrogen-bond donors (Lipinski definition) is 1. The van der Waals surface area contributed by atoms with Gasteiger partial charge in [0.2, 0.25) is 0 Å². The van der Waals surface area contributed by atoms with E-state index in [0.29, 0.717) is 6.54 Å². The highest BCUT2D eigenvalue weighted by atomic mass is 19.4. The Kier molecular flexibility index (Phi) is 4.94. The first kappa shape index (κ1) is 16.3.